The molecule has 0 aliphatic carbocycles. The highest BCUT2D eigenvalue weighted by Crippen LogP contribution is 2.31. The van der Waals surface area contributed by atoms with E-state index >= 15 is 0 Å². The Morgan fingerprint density at radius 2 is 1.88 bits per heavy atom. The Morgan fingerprint density at radius 1 is 1.17 bits per heavy atom. The summed E-state index contributed by atoms with van der Waals surface area (Å²) in [5, 5.41) is 0. The summed E-state index contributed by atoms with van der Waals surface area (Å²) in [4.78, 5) is 0.361. The number of benzene rings is 1. The van der Waals surface area contributed by atoms with Gasteiger partial charge in [0.2, 0.25) is 0 Å². The summed E-state index contributed by atoms with van der Waals surface area (Å²) in [5.41, 5.74) is 2.80. The molecule has 1 aromatic rings. The Labute approximate surface area is 147 Å². The van der Waals surface area contributed by atoms with Crippen LogP contribution in [0.5, 0.6) is 0 Å². The highest BCUT2D eigenvalue weighted by molar-refractivity contribution is 7.89. The van der Waals surface area contributed by atoms with Gasteiger partial charge in [-0.1, -0.05) is 56.5 Å². The summed E-state index contributed by atoms with van der Waals surface area (Å²) >= 11 is 0. The van der Waals surface area contributed by atoms with Gasteiger partial charge in [-0.15, -0.1) is 0 Å². The molecular weight excluding hydrogens is 318 g/mol. The van der Waals surface area contributed by atoms with Crippen molar-refractivity contribution in [1.82, 2.24) is 4.31 Å². The molecule has 1 heterocycles. The molecule has 0 saturated carbocycles. The summed E-state index contributed by atoms with van der Waals surface area (Å²) in [6.45, 7) is 8.80. The highest BCUT2D eigenvalue weighted by atomic mass is 32.2. The molecule has 1 aromatic carbocycles. The van der Waals surface area contributed by atoms with Gasteiger partial charge in [-0.05, 0) is 50.3 Å². The van der Waals surface area contributed by atoms with Gasteiger partial charge in [-0.2, -0.15) is 0 Å². The molecule has 1 fully saturated rings. The summed E-state index contributed by atoms with van der Waals surface area (Å²) in [6, 6.07) is 7.08. The molecule has 0 amide bonds. The number of hydrogen-bond acceptors (Lipinski definition) is 2. The van der Waals surface area contributed by atoms with Crippen molar-refractivity contribution in [2.24, 2.45) is 0 Å². The van der Waals surface area contributed by atoms with Gasteiger partial charge in [-0.25, -0.2) is 8.42 Å². The number of piperidine rings is 1. The lowest BCUT2D eigenvalue weighted by Gasteiger charge is -2.32. The fraction of sp³-hybridized carbons (Fsp3) is 0.500. The highest BCUT2D eigenvalue weighted by Gasteiger charge is 2.29. The Kier molecular flexibility index (Phi) is 6.67. The zero-order valence-corrected chi connectivity index (χ0v) is 15.7. The van der Waals surface area contributed by atoms with Gasteiger partial charge in [-0.3, -0.25) is 4.31 Å². The van der Waals surface area contributed by atoms with Gasteiger partial charge < -0.3 is 0 Å². The van der Waals surface area contributed by atoms with Crippen LogP contribution in [0.3, 0.4) is 0 Å². The molecule has 132 valence electrons. The van der Waals surface area contributed by atoms with E-state index in [4.69, 9.17) is 0 Å². The molecule has 24 heavy (non-hydrogen) atoms. The SMILES string of the molecule is C=C1CCCN(S(=O)(=O)c2ccc(C)cc2)/C1=C/CCCCCC. The van der Waals surface area contributed by atoms with Crippen molar-refractivity contribution in [3.05, 3.63) is 53.8 Å². The van der Waals surface area contributed by atoms with Crippen LogP contribution in [0.25, 0.3) is 0 Å². The topological polar surface area (TPSA) is 37.4 Å². The first-order valence-corrected chi connectivity index (χ1v) is 10.4. The molecule has 3 nitrogen and oxygen atoms in total. The van der Waals surface area contributed by atoms with Gasteiger partial charge in [0, 0.05) is 6.54 Å². The Morgan fingerprint density at radius 3 is 2.54 bits per heavy atom. The molecule has 0 atom stereocenters. The first kappa shape index (κ1) is 18.8. The lowest BCUT2D eigenvalue weighted by molar-refractivity contribution is 0.443. The minimum Gasteiger partial charge on any atom is -0.266 e. The van der Waals surface area contributed by atoms with Crippen LogP contribution in [0.2, 0.25) is 0 Å². The van der Waals surface area contributed by atoms with Crippen LogP contribution in [0, 0.1) is 6.92 Å². The molecule has 0 bridgehead atoms. The molecule has 0 radical (unpaired) electrons. The number of rotatable bonds is 7. The second-order valence-electron chi connectivity index (χ2n) is 6.54. The fourth-order valence-corrected chi connectivity index (χ4v) is 4.57. The van der Waals surface area contributed by atoms with Crippen LogP contribution in [-0.2, 0) is 10.0 Å². The lowest BCUT2D eigenvalue weighted by atomic mass is 10.0. The second kappa shape index (κ2) is 8.52. The minimum atomic E-state index is -3.50. The normalized spacial score (nSPS) is 17.5. The fourth-order valence-electron chi connectivity index (χ4n) is 3.00. The van der Waals surface area contributed by atoms with E-state index in [0.717, 1.165) is 42.5 Å². The van der Waals surface area contributed by atoms with E-state index in [2.05, 4.69) is 19.6 Å². The van der Waals surface area contributed by atoms with Crippen molar-refractivity contribution < 1.29 is 8.42 Å². The summed E-state index contributed by atoms with van der Waals surface area (Å²) in [5.74, 6) is 0. The Bertz CT molecular complexity index is 687. The average molecular weight is 348 g/mol. The average Bonchev–Trinajstić information content (AvgIpc) is 2.56. The van der Waals surface area contributed by atoms with Gasteiger partial charge in [0.15, 0.2) is 0 Å². The summed E-state index contributed by atoms with van der Waals surface area (Å²) < 4.78 is 27.6. The van der Waals surface area contributed by atoms with Crippen molar-refractivity contribution in [3.63, 3.8) is 0 Å². The summed E-state index contributed by atoms with van der Waals surface area (Å²) in [7, 11) is -3.50. The predicted molar refractivity (Wildman–Crippen MR) is 100 cm³/mol. The number of nitrogens with zero attached hydrogens (tertiary/aromatic N) is 1. The number of allylic oxidation sites excluding steroid dienone is 2. The maximum Gasteiger partial charge on any atom is 0.264 e. The smallest absolute Gasteiger partial charge is 0.264 e. The molecule has 1 aliphatic rings. The monoisotopic (exact) mass is 347 g/mol. The van der Waals surface area contributed by atoms with Crippen molar-refractivity contribution in [1.29, 1.82) is 0 Å². The predicted octanol–water partition coefficient (Wildman–Crippen LogP) is 5.19. The van der Waals surface area contributed by atoms with E-state index in [0.29, 0.717) is 11.4 Å². The maximum absolute atomic E-state index is 13.0. The van der Waals surface area contributed by atoms with Crippen molar-refractivity contribution in [3.8, 4) is 0 Å². The number of unbranched alkanes of at least 4 members (excludes halogenated alkanes) is 4. The van der Waals surface area contributed by atoms with E-state index in [1.807, 2.05) is 19.1 Å². The summed E-state index contributed by atoms with van der Waals surface area (Å²) in [6.07, 6.45) is 9.42. The molecule has 0 N–H and O–H groups in total. The molecule has 0 aromatic heterocycles. The van der Waals surface area contributed by atoms with Crippen LogP contribution in [0.15, 0.2) is 53.1 Å². The van der Waals surface area contributed by atoms with E-state index in [9.17, 15) is 8.42 Å². The molecule has 4 heteroatoms. The Hall–Kier alpha value is -1.55. The molecular formula is C20H29NO2S. The van der Waals surface area contributed by atoms with Crippen LogP contribution in [-0.4, -0.2) is 19.3 Å². The number of hydrogen-bond donors (Lipinski definition) is 0. The van der Waals surface area contributed by atoms with Crippen molar-refractivity contribution in [2.45, 2.75) is 63.7 Å². The van der Waals surface area contributed by atoms with E-state index in [1.54, 1.807) is 16.4 Å². The minimum absolute atomic E-state index is 0.361. The first-order chi connectivity index (χ1) is 11.5. The quantitative estimate of drug-likeness (QED) is 0.637. The third-order valence-electron chi connectivity index (χ3n) is 4.48. The van der Waals surface area contributed by atoms with Crippen molar-refractivity contribution >= 4 is 10.0 Å². The molecule has 0 spiro atoms. The van der Waals surface area contributed by atoms with Gasteiger partial charge in [0.05, 0.1) is 10.6 Å². The van der Waals surface area contributed by atoms with Crippen LogP contribution >= 0.6 is 0 Å². The van der Waals surface area contributed by atoms with Gasteiger partial charge in [0.25, 0.3) is 10.0 Å². The van der Waals surface area contributed by atoms with Crippen LogP contribution in [0.4, 0.5) is 0 Å². The van der Waals surface area contributed by atoms with E-state index in [-0.39, 0.29) is 0 Å². The third-order valence-corrected chi connectivity index (χ3v) is 6.30. The second-order valence-corrected chi connectivity index (χ2v) is 8.40. The van der Waals surface area contributed by atoms with Crippen LogP contribution < -0.4 is 0 Å². The number of aryl methyl sites for hydroxylation is 1. The third kappa shape index (κ3) is 4.50. The maximum atomic E-state index is 13.0. The molecule has 1 saturated heterocycles. The van der Waals surface area contributed by atoms with Gasteiger partial charge in [0.1, 0.15) is 0 Å². The standard InChI is InChI=1S/C20H29NO2S/c1-4-5-6-7-8-11-20-18(3)10-9-16-21(20)24(22,23)19-14-12-17(2)13-15-19/h11-15H,3-10,16H2,1-2H3/b20-11+. The number of sulfonamides is 1. The Balaban J connectivity index is 2.22. The molecule has 0 unspecified atom stereocenters. The lowest BCUT2D eigenvalue weighted by Crippen LogP contribution is -2.35. The van der Waals surface area contributed by atoms with Crippen molar-refractivity contribution in [2.75, 3.05) is 6.54 Å². The zero-order valence-electron chi connectivity index (χ0n) is 14.9. The van der Waals surface area contributed by atoms with Gasteiger partial charge >= 0.3 is 0 Å². The van der Waals surface area contributed by atoms with Crippen LogP contribution in [0.1, 0.15) is 57.4 Å². The zero-order chi connectivity index (χ0) is 17.6. The molecule has 2 rings (SSSR count). The first-order valence-electron chi connectivity index (χ1n) is 8.94. The van der Waals surface area contributed by atoms with E-state index in [1.165, 1.54) is 19.3 Å². The molecule has 1 aliphatic heterocycles. The van der Waals surface area contributed by atoms with E-state index < -0.39 is 10.0 Å². The largest absolute Gasteiger partial charge is 0.266 e.